The standard InChI is InChI=1S/C20H24FN3O2/c1-15-6-7-19(18(21)12-15)22-20(25)14-23-8-10-24(11-9-23)16-4-3-5-17(13-16)26-2/h3-7,12-13H,8-11,14H2,1-2H3,(H,22,25). The summed E-state index contributed by atoms with van der Waals surface area (Å²) in [7, 11) is 1.66. The first kappa shape index (κ1) is 18.2. The van der Waals surface area contributed by atoms with Crippen molar-refractivity contribution in [2.24, 2.45) is 0 Å². The second-order valence-electron chi connectivity index (χ2n) is 6.50. The molecular formula is C20H24FN3O2. The van der Waals surface area contributed by atoms with Crippen LogP contribution in [0.3, 0.4) is 0 Å². The third kappa shape index (κ3) is 4.52. The Hall–Kier alpha value is -2.60. The van der Waals surface area contributed by atoms with Gasteiger partial charge in [0.2, 0.25) is 5.91 Å². The zero-order chi connectivity index (χ0) is 18.5. The molecule has 0 spiro atoms. The fourth-order valence-electron chi connectivity index (χ4n) is 3.09. The van der Waals surface area contributed by atoms with Crippen LogP contribution in [-0.2, 0) is 4.79 Å². The Bertz CT molecular complexity index is 773. The molecule has 1 aliphatic rings. The van der Waals surface area contributed by atoms with E-state index in [-0.39, 0.29) is 18.1 Å². The van der Waals surface area contributed by atoms with E-state index in [9.17, 15) is 9.18 Å². The van der Waals surface area contributed by atoms with Gasteiger partial charge in [-0.25, -0.2) is 4.39 Å². The number of nitrogens with zero attached hydrogens (tertiary/aromatic N) is 2. The van der Waals surface area contributed by atoms with Crippen LogP contribution in [0.4, 0.5) is 15.8 Å². The Balaban J connectivity index is 1.51. The zero-order valence-corrected chi connectivity index (χ0v) is 15.2. The zero-order valence-electron chi connectivity index (χ0n) is 15.2. The maximum absolute atomic E-state index is 13.8. The first-order valence-corrected chi connectivity index (χ1v) is 8.72. The van der Waals surface area contributed by atoms with Gasteiger partial charge in [-0.1, -0.05) is 12.1 Å². The van der Waals surface area contributed by atoms with Crippen LogP contribution in [0.15, 0.2) is 42.5 Å². The van der Waals surface area contributed by atoms with E-state index >= 15 is 0 Å². The highest BCUT2D eigenvalue weighted by Crippen LogP contribution is 2.22. The third-order valence-electron chi connectivity index (χ3n) is 4.56. The van der Waals surface area contributed by atoms with Crippen molar-refractivity contribution in [3.8, 4) is 5.75 Å². The number of carbonyl (C=O) groups is 1. The molecule has 2 aromatic carbocycles. The lowest BCUT2D eigenvalue weighted by Crippen LogP contribution is -2.48. The minimum Gasteiger partial charge on any atom is -0.497 e. The first-order chi connectivity index (χ1) is 12.5. The second-order valence-corrected chi connectivity index (χ2v) is 6.50. The summed E-state index contributed by atoms with van der Waals surface area (Å²) >= 11 is 0. The number of hydrogen-bond donors (Lipinski definition) is 1. The van der Waals surface area contributed by atoms with Gasteiger partial charge in [-0.05, 0) is 36.8 Å². The molecule has 1 heterocycles. The van der Waals surface area contributed by atoms with Crippen LogP contribution in [0.1, 0.15) is 5.56 Å². The highest BCUT2D eigenvalue weighted by atomic mass is 19.1. The molecule has 1 amide bonds. The highest BCUT2D eigenvalue weighted by molar-refractivity contribution is 5.92. The van der Waals surface area contributed by atoms with Crippen molar-refractivity contribution in [1.82, 2.24) is 4.90 Å². The van der Waals surface area contributed by atoms with Crippen LogP contribution >= 0.6 is 0 Å². The van der Waals surface area contributed by atoms with Gasteiger partial charge in [0.1, 0.15) is 11.6 Å². The lowest BCUT2D eigenvalue weighted by Gasteiger charge is -2.35. The predicted molar refractivity (Wildman–Crippen MR) is 101 cm³/mol. The minimum absolute atomic E-state index is 0.192. The number of carbonyl (C=O) groups excluding carboxylic acids is 1. The number of rotatable bonds is 5. The second kappa shape index (κ2) is 8.19. The van der Waals surface area contributed by atoms with Crippen LogP contribution < -0.4 is 15.0 Å². The third-order valence-corrected chi connectivity index (χ3v) is 4.56. The summed E-state index contributed by atoms with van der Waals surface area (Å²) in [6, 6.07) is 12.8. The summed E-state index contributed by atoms with van der Waals surface area (Å²) in [5.74, 6) is 0.244. The topological polar surface area (TPSA) is 44.8 Å². The predicted octanol–water partition coefficient (Wildman–Crippen LogP) is 2.90. The van der Waals surface area contributed by atoms with Gasteiger partial charge in [-0.15, -0.1) is 0 Å². The summed E-state index contributed by atoms with van der Waals surface area (Å²) in [5, 5.41) is 2.66. The number of benzene rings is 2. The average Bonchev–Trinajstić information content (AvgIpc) is 2.65. The van der Waals surface area contributed by atoms with E-state index in [1.807, 2.05) is 25.1 Å². The van der Waals surface area contributed by atoms with Gasteiger partial charge in [0.15, 0.2) is 0 Å². The molecule has 1 aliphatic heterocycles. The van der Waals surface area contributed by atoms with Crippen LogP contribution in [0.5, 0.6) is 5.75 Å². The molecule has 138 valence electrons. The fraction of sp³-hybridized carbons (Fsp3) is 0.350. The Kier molecular flexibility index (Phi) is 5.73. The number of amides is 1. The number of piperazine rings is 1. The van der Waals surface area contributed by atoms with E-state index in [4.69, 9.17) is 4.74 Å². The Morgan fingerprint density at radius 3 is 2.62 bits per heavy atom. The van der Waals surface area contributed by atoms with Crippen LogP contribution in [-0.4, -0.2) is 50.6 Å². The number of halogens is 1. The Morgan fingerprint density at radius 1 is 1.15 bits per heavy atom. The van der Waals surface area contributed by atoms with E-state index in [1.54, 1.807) is 19.2 Å². The van der Waals surface area contributed by atoms with E-state index in [0.717, 1.165) is 43.2 Å². The number of methoxy groups -OCH3 is 1. The van der Waals surface area contributed by atoms with Crippen molar-refractivity contribution in [2.75, 3.05) is 50.1 Å². The van der Waals surface area contributed by atoms with Gasteiger partial charge in [-0.3, -0.25) is 9.69 Å². The summed E-state index contributed by atoms with van der Waals surface area (Å²) in [6.07, 6.45) is 0. The van der Waals surface area contributed by atoms with Gasteiger partial charge in [0.25, 0.3) is 0 Å². The van der Waals surface area contributed by atoms with Crippen molar-refractivity contribution >= 4 is 17.3 Å². The SMILES string of the molecule is COc1cccc(N2CCN(CC(=O)Nc3ccc(C)cc3F)CC2)c1. The van der Waals surface area contributed by atoms with Gasteiger partial charge in [0, 0.05) is 37.9 Å². The van der Waals surface area contributed by atoms with Gasteiger partial charge >= 0.3 is 0 Å². The van der Waals surface area contributed by atoms with E-state index in [0.29, 0.717) is 0 Å². The van der Waals surface area contributed by atoms with Crippen LogP contribution in [0.25, 0.3) is 0 Å². The normalized spacial score (nSPS) is 15.0. The maximum atomic E-state index is 13.8. The summed E-state index contributed by atoms with van der Waals surface area (Å²) in [6.45, 7) is 5.30. The molecular weight excluding hydrogens is 333 g/mol. The molecule has 1 N–H and O–H groups in total. The molecule has 1 saturated heterocycles. The molecule has 5 nitrogen and oxygen atoms in total. The van der Waals surface area contributed by atoms with E-state index in [1.165, 1.54) is 6.07 Å². The number of hydrogen-bond acceptors (Lipinski definition) is 4. The molecule has 6 heteroatoms. The highest BCUT2D eigenvalue weighted by Gasteiger charge is 2.20. The van der Waals surface area contributed by atoms with Crippen molar-refractivity contribution in [3.63, 3.8) is 0 Å². The van der Waals surface area contributed by atoms with Gasteiger partial charge in [0.05, 0.1) is 19.3 Å². The molecule has 0 aliphatic carbocycles. The summed E-state index contributed by atoms with van der Waals surface area (Å²) in [5.41, 5.74) is 2.18. The summed E-state index contributed by atoms with van der Waals surface area (Å²) < 4.78 is 19.1. The van der Waals surface area contributed by atoms with Crippen LogP contribution in [0.2, 0.25) is 0 Å². The van der Waals surface area contributed by atoms with Crippen molar-refractivity contribution in [2.45, 2.75) is 6.92 Å². The molecule has 0 unspecified atom stereocenters. The molecule has 2 aromatic rings. The quantitative estimate of drug-likeness (QED) is 0.894. The fourth-order valence-corrected chi connectivity index (χ4v) is 3.09. The molecule has 0 aromatic heterocycles. The number of aryl methyl sites for hydroxylation is 1. The van der Waals surface area contributed by atoms with E-state index in [2.05, 4.69) is 21.2 Å². The van der Waals surface area contributed by atoms with Crippen LogP contribution in [0, 0.1) is 12.7 Å². The van der Waals surface area contributed by atoms with Gasteiger partial charge < -0.3 is 15.0 Å². The molecule has 0 atom stereocenters. The number of nitrogens with one attached hydrogen (secondary N) is 1. The minimum atomic E-state index is -0.402. The lowest BCUT2D eigenvalue weighted by atomic mass is 10.2. The smallest absolute Gasteiger partial charge is 0.238 e. The molecule has 0 radical (unpaired) electrons. The number of anilines is 2. The molecule has 0 saturated carbocycles. The van der Waals surface area contributed by atoms with Gasteiger partial charge in [-0.2, -0.15) is 0 Å². The molecule has 0 bridgehead atoms. The largest absolute Gasteiger partial charge is 0.497 e. The van der Waals surface area contributed by atoms with E-state index < -0.39 is 5.82 Å². The van der Waals surface area contributed by atoms with Crippen molar-refractivity contribution < 1.29 is 13.9 Å². The lowest BCUT2D eigenvalue weighted by molar-refractivity contribution is -0.117. The average molecular weight is 357 g/mol. The van der Waals surface area contributed by atoms with Crippen molar-refractivity contribution in [1.29, 1.82) is 0 Å². The summed E-state index contributed by atoms with van der Waals surface area (Å²) in [4.78, 5) is 16.6. The van der Waals surface area contributed by atoms with Crippen molar-refractivity contribution in [3.05, 3.63) is 53.8 Å². The Morgan fingerprint density at radius 2 is 1.92 bits per heavy atom. The monoisotopic (exact) mass is 357 g/mol. The first-order valence-electron chi connectivity index (χ1n) is 8.72. The maximum Gasteiger partial charge on any atom is 0.238 e. The Labute approximate surface area is 153 Å². The molecule has 3 rings (SSSR count). The molecule has 26 heavy (non-hydrogen) atoms. The number of ether oxygens (including phenoxy) is 1. The molecule has 1 fully saturated rings.